The third-order valence-corrected chi connectivity index (χ3v) is 4.72. The molecule has 1 unspecified atom stereocenters. The Morgan fingerprint density at radius 3 is 2.67 bits per heavy atom. The molecule has 1 aliphatic rings. The molecule has 2 atom stereocenters. The predicted molar refractivity (Wildman–Crippen MR) is 71.5 cm³/mol. The van der Waals surface area contributed by atoms with Gasteiger partial charge in [0.1, 0.15) is 12.1 Å². The number of hydrogen-bond donors (Lipinski definition) is 3. The topological polar surface area (TPSA) is 133 Å². The van der Waals surface area contributed by atoms with Crippen LogP contribution in [0.25, 0.3) is 0 Å². The molecule has 0 amide bonds. The number of aliphatic hydroxyl groups excluding tert-OH is 1. The van der Waals surface area contributed by atoms with E-state index in [-0.39, 0.29) is 19.6 Å². The average molecular weight is 324 g/mol. The van der Waals surface area contributed by atoms with Crippen LogP contribution in [0.2, 0.25) is 0 Å². The summed E-state index contributed by atoms with van der Waals surface area (Å²) in [5.74, 6) is -2.03. The van der Waals surface area contributed by atoms with Gasteiger partial charge in [0.2, 0.25) is 0 Å². The molecule has 122 valence electrons. The monoisotopic (exact) mass is 324 g/mol. The third kappa shape index (κ3) is 4.63. The zero-order chi connectivity index (χ0) is 16.0. The predicted octanol–water partition coefficient (Wildman–Crippen LogP) is -1.32. The van der Waals surface area contributed by atoms with Crippen LogP contribution in [0.1, 0.15) is 26.2 Å². The smallest absolute Gasteiger partial charge is 0.324 e. The van der Waals surface area contributed by atoms with E-state index in [9.17, 15) is 18.0 Å². The van der Waals surface area contributed by atoms with E-state index in [0.717, 1.165) is 4.31 Å². The lowest BCUT2D eigenvalue weighted by Gasteiger charge is -2.24. The van der Waals surface area contributed by atoms with Crippen molar-refractivity contribution >= 4 is 22.1 Å². The van der Waals surface area contributed by atoms with Crippen molar-refractivity contribution in [2.75, 3.05) is 19.8 Å². The van der Waals surface area contributed by atoms with Crippen LogP contribution in [0.5, 0.6) is 0 Å². The molecule has 0 bridgehead atoms. The summed E-state index contributed by atoms with van der Waals surface area (Å²) in [7, 11) is -4.15. The molecule has 0 saturated carbocycles. The molecular formula is C11H20N2O7S. The van der Waals surface area contributed by atoms with Crippen molar-refractivity contribution < 1.29 is 33.0 Å². The number of rotatable bonds is 8. The zero-order valence-electron chi connectivity index (χ0n) is 11.7. The van der Waals surface area contributed by atoms with Crippen LogP contribution in [0.15, 0.2) is 0 Å². The number of carboxylic acids is 1. The van der Waals surface area contributed by atoms with Gasteiger partial charge in [-0.3, -0.25) is 9.59 Å². The number of carboxylic acid groups (broad SMARTS) is 1. The first-order valence-electron chi connectivity index (χ1n) is 6.62. The Kier molecular flexibility index (Phi) is 6.52. The van der Waals surface area contributed by atoms with Gasteiger partial charge in [-0.1, -0.05) is 0 Å². The number of nitrogens with zero attached hydrogens (tertiary/aromatic N) is 1. The molecule has 0 aliphatic carbocycles. The van der Waals surface area contributed by atoms with E-state index < -0.39 is 40.8 Å². The van der Waals surface area contributed by atoms with Crippen molar-refractivity contribution in [1.82, 2.24) is 9.03 Å². The molecule has 0 aromatic carbocycles. The first-order valence-corrected chi connectivity index (χ1v) is 8.07. The van der Waals surface area contributed by atoms with Crippen LogP contribution in [0.3, 0.4) is 0 Å². The van der Waals surface area contributed by atoms with Gasteiger partial charge in [-0.2, -0.15) is 17.4 Å². The van der Waals surface area contributed by atoms with Gasteiger partial charge in [-0.25, -0.2) is 0 Å². The number of ether oxygens (including phenoxy) is 1. The summed E-state index contributed by atoms with van der Waals surface area (Å²) in [6.45, 7) is 1.40. The van der Waals surface area contributed by atoms with E-state index in [1.165, 1.54) is 0 Å². The quantitative estimate of drug-likeness (QED) is 0.472. The van der Waals surface area contributed by atoms with Crippen LogP contribution < -0.4 is 4.72 Å². The van der Waals surface area contributed by atoms with E-state index in [1.807, 2.05) is 4.72 Å². The number of nitrogens with one attached hydrogen (secondary N) is 1. The lowest BCUT2D eigenvalue weighted by atomic mass is 10.2. The van der Waals surface area contributed by atoms with Crippen LogP contribution in [0, 0.1) is 0 Å². The van der Waals surface area contributed by atoms with Crippen molar-refractivity contribution in [1.29, 1.82) is 0 Å². The summed E-state index contributed by atoms with van der Waals surface area (Å²) in [6.07, 6.45) is 0.562. The Bertz CT molecular complexity index is 479. The molecule has 0 aromatic rings. The third-order valence-electron chi connectivity index (χ3n) is 3.08. The van der Waals surface area contributed by atoms with Gasteiger partial charge >= 0.3 is 11.9 Å². The summed E-state index contributed by atoms with van der Waals surface area (Å²) in [5, 5.41) is 17.7. The van der Waals surface area contributed by atoms with E-state index in [4.69, 9.17) is 14.9 Å². The maximum Gasteiger partial charge on any atom is 0.324 e. The highest BCUT2D eigenvalue weighted by atomic mass is 32.2. The minimum atomic E-state index is -4.15. The fourth-order valence-electron chi connectivity index (χ4n) is 2.11. The lowest BCUT2D eigenvalue weighted by molar-refractivity contribution is -0.146. The summed E-state index contributed by atoms with van der Waals surface area (Å²) >= 11 is 0. The molecule has 10 heteroatoms. The van der Waals surface area contributed by atoms with Crippen LogP contribution in [-0.2, 0) is 24.5 Å². The maximum absolute atomic E-state index is 12.2. The second-order valence-electron chi connectivity index (χ2n) is 4.55. The molecule has 1 heterocycles. The molecule has 21 heavy (non-hydrogen) atoms. The highest BCUT2D eigenvalue weighted by Gasteiger charge is 2.41. The standard InChI is InChI=1S/C11H20N2O7S/c1-2-20-11(17)9-4-3-6-13(9)21(18,19)12-8(5-7-14)10(15)16/h8-9,12,14H,2-7H2,1H3,(H,15,16)/t8-,9?/m0/s1. The molecule has 0 radical (unpaired) electrons. The van der Waals surface area contributed by atoms with Crippen LogP contribution in [0.4, 0.5) is 0 Å². The number of aliphatic carboxylic acids is 1. The summed E-state index contributed by atoms with van der Waals surface area (Å²) in [5.41, 5.74) is 0. The first kappa shape index (κ1) is 17.8. The molecule has 9 nitrogen and oxygen atoms in total. The molecule has 1 saturated heterocycles. The van der Waals surface area contributed by atoms with Crippen molar-refractivity contribution in [2.45, 2.75) is 38.3 Å². The second-order valence-corrected chi connectivity index (χ2v) is 6.20. The number of carbonyl (C=O) groups is 2. The van der Waals surface area contributed by atoms with E-state index in [1.54, 1.807) is 6.92 Å². The van der Waals surface area contributed by atoms with Gasteiger partial charge in [-0.05, 0) is 26.2 Å². The zero-order valence-corrected chi connectivity index (χ0v) is 12.5. The van der Waals surface area contributed by atoms with E-state index in [0.29, 0.717) is 12.8 Å². The molecule has 1 rings (SSSR count). The number of esters is 1. The lowest BCUT2D eigenvalue weighted by Crippen LogP contribution is -2.51. The summed E-state index contributed by atoms with van der Waals surface area (Å²) in [6, 6.07) is -2.38. The first-order chi connectivity index (χ1) is 9.83. The van der Waals surface area contributed by atoms with Crippen molar-refractivity contribution in [3.05, 3.63) is 0 Å². The molecule has 0 spiro atoms. The van der Waals surface area contributed by atoms with Gasteiger partial charge in [0.05, 0.1) is 6.61 Å². The van der Waals surface area contributed by atoms with Gasteiger partial charge in [0.15, 0.2) is 0 Å². The van der Waals surface area contributed by atoms with Crippen LogP contribution >= 0.6 is 0 Å². The Hall–Kier alpha value is -1.23. The van der Waals surface area contributed by atoms with Gasteiger partial charge < -0.3 is 14.9 Å². The van der Waals surface area contributed by atoms with Crippen molar-refractivity contribution in [3.8, 4) is 0 Å². The van der Waals surface area contributed by atoms with Crippen molar-refractivity contribution in [2.24, 2.45) is 0 Å². The summed E-state index contributed by atoms with van der Waals surface area (Å²) in [4.78, 5) is 22.7. The number of aliphatic hydroxyl groups is 1. The minimum absolute atomic E-state index is 0.115. The fraction of sp³-hybridized carbons (Fsp3) is 0.818. The normalized spacial score (nSPS) is 21.1. The largest absolute Gasteiger partial charge is 0.480 e. The molecule has 1 aliphatic heterocycles. The molecule has 3 N–H and O–H groups in total. The number of carbonyl (C=O) groups excluding carboxylic acids is 1. The Morgan fingerprint density at radius 1 is 1.48 bits per heavy atom. The van der Waals surface area contributed by atoms with Crippen molar-refractivity contribution in [3.63, 3.8) is 0 Å². The highest BCUT2D eigenvalue weighted by Crippen LogP contribution is 2.21. The molecule has 1 fully saturated rings. The Morgan fingerprint density at radius 2 is 2.14 bits per heavy atom. The number of hydrogen-bond acceptors (Lipinski definition) is 6. The average Bonchev–Trinajstić information content (AvgIpc) is 2.88. The minimum Gasteiger partial charge on any atom is -0.480 e. The van der Waals surface area contributed by atoms with E-state index in [2.05, 4.69) is 0 Å². The Labute approximate surface area is 123 Å². The highest BCUT2D eigenvalue weighted by molar-refractivity contribution is 7.87. The SMILES string of the molecule is CCOC(=O)C1CCCN1S(=O)(=O)N[C@@H](CCO)C(=O)O. The molecular weight excluding hydrogens is 304 g/mol. The summed E-state index contributed by atoms with van der Waals surface area (Å²) < 4.78 is 32.1. The maximum atomic E-state index is 12.2. The van der Waals surface area contributed by atoms with Crippen LogP contribution in [-0.4, -0.2) is 66.7 Å². The fourth-order valence-corrected chi connectivity index (χ4v) is 3.72. The van der Waals surface area contributed by atoms with Gasteiger partial charge in [0, 0.05) is 13.2 Å². The molecule has 0 aromatic heterocycles. The second kappa shape index (κ2) is 7.69. The van der Waals surface area contributed by atoms with Gasteiger partial charge in [0.25, 0.3) is 10.2 Å². The van der Waals surface area contributed by atoms with Gasteiger partial charge in [-0.15, -0.1) is 0 Å². The van der Waals surface area contributed by atoms with E-state index >= 15 is 0 Å². The Balaban J connectivity index is 2.85.